The van der Waals surface area contributed by atoms with Gasteiger partial charge < -0.3 is 19.5 Å². The summed E-state index contributed by atoms with van der Waals surface area (Å²) in [6, 6.07) is 26.5. The van der Waals surface area contributed by atoms with Crippen LogP contribution in [-0.2, 0) is 9.53 Å². The lowest BCUT2D eigenvalue weighted by Crippen LogP contribution is -2.26. The summed E-state index contributed by atoms with van der Waals surface area (Å²) in [6.07, 6.45) is -1.34. The number of para-hydroxylation sites is 1. The number of carbonyl (C=O) groups is 2. The van der Waals surface area contributed by atoms with E-state index >= 15 is 0 Å². The molecule has 0 bridgehead atoms. The van der Waals surface area contributed by atoms with Crippen LogP contribution in [0.4, 0.5) is 11.4 Å². The number of anilines is 1. The van der Waals surface area contributed by atoms with Gasteiger partial charge in [0.05, 0.1) is 41.6 Å². The van der Waals surface area contributed by atoms with Crippen LogP contribution >= 0.6 is 15.9 Å². The van der Waals surface area contributed by atoms with Gasteiger partial charge >= 0.3 is 5.97 Å². The van der Waals surface area contributed by atoms with Crippen LogP contribution in [0.2, 0.25) is 0 Å². The van der Waals surface area contributed by atoms with Crippen LogP contribution in [-0.4, -0.2) is 36.0 Å². The van der Waals surface area contributed by atoms with E-state index in [4.69, 9.17) is 19.2 Å². The molecule has 1 atom stereocenters. The Morgan fingerprint density at radius 1 is 0.884 bits per heavy atom. The number of rotatable bonds is 9. The van der Waals surface area contributed by atoms with Crippen molar-refractivity contribution in [1.82, 2.24) is 4.98 Å². The van der Waals surface area contributed by atoms with Gasteiger partial charge in [-0.05, 0) is 52.3 Å². The number of non-ortho nitro benzene ring substituents is 1. The lowest BCUT2D eigenvalue weighted by Gasteiger charge is -2.19. The molecule has 0 saturated heterocycles. The topological polar surface area (TPSA) is 130 Å². The van der Waals surface area contributed by atoms with Gasteiger partial charge in [-0.1, -0.05) is 48.5 Å². The summed E-state index contributed by atoms with van der Waals surface area (Å²) >= 11 is 3.26. The number of pyridine rings is 1. The van der Waals surface area contributed by atoms with Gasteiger partial charge in [-0.3, -0.25) is 14.9 Å². The number of amides is 1. The number of nitro benzene ring substituents is 1. The number of nitrogens with zero attached hydrogens (tertiary/aromatic N) is 2. The number of carbonyl (C=O) groups excluding carboxylic acids is 2. The number of ether oxygens (including phenoxy) is 3. The van der Waals surface area contributed by atoms with Gasteiger partial charge in [0.25, 0.3) is 11.6 Å². The normalized spacial score (nSPS) is 11.4. The molecule has 0 spiro atoms. The zero-order valence-electron chi connectivity index (χ0n) is 22.9. The number of benzene rings is 4. The smallest absolute Gasteiger partial charge is 0.340 e. The molecule has 216 valence electrons. The summed E-state index contributed by atoms with van der Waals surface area (Å²) in [6.45, 7) is 0. The summed E-state index contributed by atoms with van der Waals surface area (Å²) in [4.78, 5) is 42.7. The largest absolute Gasteiger partial charge is 0.493 e. The monoisotopic (exact) mass is 641 g/mol. The zero-order chi connectivity index (χ0) is 30.5. The molecule has 5 rings (SSSR count). The quantitative estimate of drug-likeness (QED) is 0.102. The van der Waals surface area contributed by atoms with Gasteiger partial charge in [-0.15, -0.1) is 0 Å². The summed E-state index contributed by atoms with van der Waals surface area (Å²) < 4.78 is 17.0. The van der Waals surface area contributed by atoms with Crippen molar-refractivity contribution in [3.63, 3.8) is 0 Å². The van der Waals surface area contributed by atoms with Crippen LogP contribution in [0.25, 0.3) is 22.2 Å². The molecule has 5 aromatic rings. The summed E-state index contributed by atoms with van der Waals surface area (Å²) in [7, 11) is 3.07. The van der Waals surface area contributed by atoms with Crippen molar-refractivity contribution in [3.05, 3.63) is 123 Å². The lowest BCUT2D eigenvalue weighted by atomic mass is 10.0. The first kappa shape index (κ1) is 29.2. The van der Waals surface area contributed by atoms with E-state index in [1.54, 1.807) is 79.9 Å². The van der Waals surface area contributed by atoms with Crippen LogP contribution < -0.4 is 14.8 Å². The molecule has 0 aliphatic heterocycles. The predicted molar refractivity (Wildman–Crippen MR) is 164 cm³/mol. The number of nitrogens with one attached hydrogen (secondary N) is 1. The molecule has 1 N–H and O–H groups in total. The first-order chi connectivity index (χ1) is 20.8. The van der Waals surface area contributed by atoms with Crippen molar-refractivity contribution in [2.45, 2.75) is 6.10 Å². The number of hydrogen-bond acceptors (Lipinski definition) is 8. The van der Waals surface area contributed by atoms with E-state index in [2.05, 4.69) is 21.2 Å². The van der Waals surface area contributed by atoms with Crippen molar-refractivity contribution in [1.29, 1.82) is 0 Å². The van der Waals surface area contributed by atoms with Crippen LogP contribution in [0.5, 0.6) is 11.5 Å². The fraction of sp³-hybridized carbons (Fsp3) is 0.0938. The van der Waals surface area contributed by atoms with Crippen LogP contribution in [0.3, 0.4) is 0 Å². The highest BCUT2D eigenvalue weighted by atomic mass is 79.9. The molecule has 0 aliphatic rings. The fourth-order valence-electron chi connectivity index (χ4n) is 4.48. The average molecular weight is 642 g/mol. The SMILES string of the molecule is COc1ccc(-c2cc(C(=O)OC(C(=O)Nc3ccc([N+](=O)[O-])cc3Br)c3ccccc3)c3ccccc3n2)cc1OC. The van der Waals surface area contributed by atoms with Crippen molar-refractivity contribution in [2.75, 3.05) is 19.5 Å². The molecule has 0 fully saturated rings. The van der Waals surface area contributed by atoms with Crippen molar-refractivity contribution in [2.24, 2.45) is 0 Å². The van der Waals surface area contributed by atoms with Gasteiger partial charge in [0.1, 0.15) is 0 Å². The average Bonchev–Trinajstić information content (AvgIpc) is 3.03. The molecule has 1 heterocycles. The molecule has 0 aliphatic carbocycles. The third kappa shape index (κ3) is 6.31. The maximum atomic E-state index is 13.8. The number of fused-ring (bicyclic) bond motifs is 1. The number of methoxy groups -OCH3 is 2. The first-order valence-electron chi connectivity index (χ1n) is 12.9. The minimum atomic E-state index is -1.34. The molecule has 0 saturated carbocycles. The second kappa shape index (κ2) is 12.7. The van der Waals surface area contributed by atoms with Crippen molar-refractivity contribution in [3.8, 4) is 22.8 Å². The Bertz CT molecular complexity index is 1850. The summed E-state index contributed by atoms with van der Waals surface area (Å²) in [5, 5.41) is 14.4. The maximum Gasteiger partial charge on any atom is 0.340 e. The van der Waals surface area contributed by atoms with E-state index in [0.717, 1.165) is 0 Å². The van der Waals surface area contributed by atoms with Crippen molar-refractivity contribution < 1.29 is 28.7 Å². The van der Waals surface area contributed by atoms with E-state index in [9.17, 15) is 19.7 Å². The Kier molecular flexibility index (Phi) is 8.63. The Morgan fingerprint density at radius 2 is 1.60 bits per heavy atom. The van der Waals surface area contributed by atoms with Gasteiger partial charge in [-0.2, -0.15) is 0 Å². The molecule has 10 nitrogen and oxygen atoms in total. The highest BCUT2D eigenvalue weighted by Gasteiger charge is 2.28. The highest BCUT2D eigenvalue weighted by Crippen LogP contribution is 2.34. The maximum absolute atomic E-state index is 13.8. The molecule has 11 heteroatoms. The van der Waals surface area contributed by atoms with Gasteiger partial charge in [0, 0.05) is 33.1 Å². The van der Waals surface area contributed by atoms with E-state index in [-0.39, 0.29) is 16.9 Å². The Hall–Kier alpha value is -5.29. The molecule has 43 heavy (non-hydrogen) atoms. The predicted octanol–water partition coefficient (Wildman–Crippen LogP) is 7.13. The van der Waals surface area contributed by atoms with E-state index < -0.39 is 22.9 Å². The van der Waals surface area contributed by atoms with E-state index in [0.29, 0.717) is 43.7 Å². The van der Waals surface area contributed by atoms with E-state index in [1.165, 1.54) is 25.3 Å². The summed E-state index contributed by atoms with van der Waals surface area (Å²) in [5.74, 6) is -0.347. The summed E-state index contributed by atoms with van der Waals surface area (Å²) in [5.41, 5.74) is 2.49. The van der Waals surface area contributed by atoms with E-state index in [1.807, 2.05) is 6.07 Å². The number of aromatic nitrogens is 1. The van der Waals surface area contributed by atoms with Crippen LogP contribution in [0.15, 0.2) is 102 Å². The van der Waals surface area contributed by atoms with Crippen LogP contribution in [0.1, 0.15) is 22.0 Å². The third-order valence-electron chi connectivity index (χ3n) is 6.60. The zero-order valence-corrected chi connectivity index (χ0v) is 24.5. The highest BCUT2D eigenvalue weighted by molar-refractivity contribution is 9.10. The van der Waals surface area contributed by atoms with Crippen LogP contribution in [0, 0.1) is 10.1 Å². The Balaban J connectivity index is 1.52. The molecule has 0 radical (unpaired) electrons. The molecule has 1 amide bonds. The number of hydrogen-bond donors (Lipinski definition) is 1. The first-order valence-corrected chi connectivity index (χ1v) is 13.7. The minimum Gasteiger partial charge on any atom is -0.493 e. The molecular formula is C32H24BrN3O7. The molecule has 4 aromatic carbocycles. The van der Waals surface area contributed by atoms with Crippen molar-refractivity contribution >= 4 is 50.1 Å². The Labute approximate surface area is 254 Å². The van der Waals surface area contributed by atoms with Gasteiger partial charge in [0.2, 0.25) is 6.10 Å². The minimum absolute atomic E-state index is 0.147. The number of nitro groups is 1. The fourth-order valence-corrected chi connectivity index (χ4v) is 4.94. The number of halogens is 1. The molecule has 1 aromatic heterocycles. The molecule has 1 unspecified atom stereocenters. The second-order valence-electron chi connectivity index (χ2n) is 9.25. The standard InChI is InChI=1S/C32H24BrN3O7/c1-41-28-15-12-20(16-29(28)42-2)27-18-23(22-10-6-7-11-25(22)34-27)32(38)43-30(19-8-4-3-5-9-19)31(37)35-26-14-13-21(36(39)40)17-24(26)33/h3-18,30H,1-2H3,(H,35,37). The second-order valence-corrected chi connectivity index (χ2v) is 10.1. The van der Waals surface area contributed by atoms with Gasteiger partial charge in [-0.25, -0.2) is 9.78 Å². The number of esters is 1. The Morgan fingerprint density at radius 3 is 2.30 bits per heavy atom. The lowest BCUT2D eigenvalue weighted by molar-refractivity contribution is -0.384. The third-order valence-corrected chi connectivity index (χ3v) is 7.26. The molecular weight excluding hydrogens is 618 g/mol. The van der Waals surface area contributed by atoms with Gasteiger partial charge in [0.15, 0.2) is 11.5 Å².